The van der Waals surface area contributed by atoms with E-state index >= 15 is 0 Å². The molecule has 2 aliphatic rings. The lowest BCUT2D eigenvalue weighted by atomic mass is 9.87. The standard InChI is InChI=1S/C18H29NO4/c1-12(18(2,3)4)11-16(20)19-9-7-13(8-10-19)14-5-6-15(23-14)17(21)22/h11,13-15H,5-10H2,1-4H3,(H,21,22)/b12-11+/t14-,15+/m0/s1. The van der Waals surface area contributed by atoms with Crippen LogP contribution >= 0.6 is 0 Å². The molecule has 1 amide bonds. The van der Waals surface area contributed by atoms with Crippen LogP contribution in [-0.2, 0) is 14.3 Å². The van der Waals surface area contributed by atoms with Gasteiger partial charge in [-0.05, 0) is 43.9 Å². The van der Waals surface area contributed by atoms with Crippen molar-refractivity contribution in [1.29, 1.82) is 0 Å². The Morgan fingerprint density at radius 3 is 2.22 bits per heavy atom. The van der Waals surface area contributed by atoms with E-state index in [1.807, 2.05) is 11.8 Å². The van der Waals surface area contributed by atoms with Gasteiger partial charge in [-0.15, -0.1) is 0 Å². The largest absolute Gasteiger partial charge is 0.479 e. The van der Waals surface area contributed by atoms with Crippen molar-refractivity contribution in [2.24, 2.45) is 11.3 Å². The summed E-state index contributed by atoms with van der Waals surface area (Å²) in [5.41, 5.74) is 1.10. The Bertz CT molecular complexity index is 484. The summed E-state index contributed by atoms with van der Waals surface area (Å²) in [7, 11) is 0. The summed E-state index contributed by atoms with van der Waals surface area (Å²) in [5, 5.41) is 9.01. The second-order valence-corrected chi connectivity index (χ2v) is 7.82. The highest BCUT2D eigenvalue weighted by Crippen LogP contribution is 2.32. The maximum absolute atomic E-state index is 12.4. The number of allylic oxidation sites excluding steroid dienone is 1. The van der Waals surface area contributed by atoms with Crippen LogP contribution in [0.25, 0.3) is 0 Å². The monoisotopic (exact) mass is 323 g/mol. The molecule has 0 radical (unpaired) electrons. The van der Waals surface area contributed by atoms with Crippen molar-refractivity contribution in [2.45, 2.75) is 65.6 Å². The number of rotatable bonds is 3. The van der Waals surface area contributed by atoms with Gasteiger partial charge in [0.25, 0.3) is 0 Å². The van der Waals surface area contributed by atoms with Crippen LogP contribution < -0.4 is 0 Å². The number of carboxylic acids is 1. The topological polar surface area (TPSA) is 66.8 Å². The van der Waals surface area contributed by atoms with Crippen molar-refractivity contribution in [3.63, 3.8) is 0 Å². The molecule has 2 atom stereocenters. The molecule has 2 aliphatic heterocycles. The predicted octanol–water partition coefficient (Wildman–Crippen LogP) is 2.85. The summed E-state index contributed by atoms with van der Waals surface area (Å²) in [5.74, 6) is -0.398. The van der Waals surface area contributed by atoms with Crippen LogP contribution in [0.1, 0.15) is 53.4 Å². The zero-order chi connectivity index (χ0) is 17.2. The molecule has 5 heteroatoms. The van der Waals surface area contributed by atoms with E-state index in [1.165, 1.54) is 0 Å². The fourth-order valence-electron chi connectivity index (χ4n) is 3.18. The van der Waals surface area contributed by atoms with E-state index in [1.54, 1.807) is 6.08 Å². The molecule has 130 valence electrons. The van der Waals surface area contributed by atoms with Crippen molar-refractivity contribution in [3.05, 3.63) is 11.6 Å². The van der Waals surface area contributed by atoms with Crippen molar-refractivity contribution in [3.8, 4) is 0 Å². The van der Waals surface area contributed by atoms with Gasteiger partial charge in [0, 0.05) is 19.2 Å². The molecule has 0 aromatic heterocycles. The number of hydrogen-bond donors (Lipinski definition) is 1. The highest BCUT2D eigenvalue weighted by Gasteiger charge is 2.37. The molecular weight excluding hydrogens is 294 g/mol. The number of amides is 1. The van der Waals surface area contributed by atoms with Gasteiger partial charge in [0.1, 0.15) is 0 Å². The molecule has 2 heterocycles. The first-order chi connectivity index (χ1) is 10.7. The summed E-state index contributed by atoms with van der Waals surface area (Å²) in [6.07, 6.45) is 4.37. The minimum Gasteiger partial charge on any atom is -0.479 e. The van der Waals surface area contributed by atoms with E-state index in [9.17, 15) is 9.59 Å². The SMILES string of the molecule is C/C(=C\C(=O)N1CCC([C@@H]2CC[C@H](C(=O)O)O2)CC1)C(C)(C)C. The first-order valence-electron chi connectivity index (χ1n) is 8.54. The molecule has 0 aromatic rings. The molecule has 1 N–H and O–H groups in total. The second kappa shape index (κ2) is 7.04. The lowest BCUT2D eigenvalue weighted by molar-refractivity contribution is -0.150. The number of hydrogen-bond acceptors (Lipinski definition) is 3. The second-order valence-electron chi connectivity index (χ2n) is 7.82. The van der Waals surface area contributed by atoms with Crippen LogP contribution in [0.4, 0.5) is 0 Å². The van der Waals surface area contributed by atoms with Gasteiger partial charge in [0.15, 0.2) is 6.10 Å². The summed E-state index contributed by atoms with van der Waals surface area (Å²) >= 11 is 0. The van der Waals surface area contributed by atoms with Gasteiger partial charge in [-0.25, -0.2) is 4.79 Å². The Kier molecular flexibility index (Phi) is 5.50. The molecule has 5 nitrogen and oxygen atoms in total. The molecule has 2 rings (SSSR count). The quantitative estimate of drug-likeness (QED) is 0.811. The normalized spacial score (nSPS) is 27.3. The first kappa shape index (κ1) is 18.0. The molecule has 0 saturated carbocycles. The van der Waals surface area contributed by atoms with Crippen molar-refractivity contribution < 1.29 is 19.4 Å². The van der Waals surface area contributed by atoms with Crippen molar-refractivity contribution in [1.82, 2.24) is 4.90 Å². The van der Waals surface area contributed by atoms with Crippen LogP contribution in [-0.4, -0.2) is 47.2 Å². The Morgan fingerprint density at radius 1 is 1.13 bits per heavy atom. The van der Waals surface area contributed by atoms with E-state index < -0.39 is 12.1 Å². The number of carbonyl (C=O) groups excluding carboxylic acids is 1. The smallest absolute Gasteiger partial charge is 0.332 e. The molecule has 0 spiro atoms. The van der Waals surface area contributed by atoms with E-state index in [4.69, 9.17) is 9.84 Å². The van der Waals surface area contributed by atoms with Crippen LogP contribution in [0, 0.1) is 11.3 Å². The first-order valence-corrected chi connectivity index (χ1v) is 8.54. The van der Waals surface area contributed by atoms with Crippen LogP contribution in [0.3, 0.4) is 0 Å². The zero-order valence-electron chi connectivity index (χ0n) is 14.7. The summed E-state index contributed by atoms with van der Waals surface area (Å²) in [6.45, 7) is 9.78. The summed E-state index contributed by atoms with van der Waals surface area (Å²) in [4.78, 5) is 25.2. The molecule has 0 bridgehead atoms. The molecule has 0 aliphatic carbocycles. The van der Waals surface area contributed by atoms with Crippen LogP contribution in [0.15, 0.2) is 11.6 Å². The number of carbonyl (C=O) groups is 2. The molecule has 2 saturated heterocycles. The number of nitrogens with zero attached hydrogens (tertiary/aromatic N) is 1. The van der Waals surface area contributed by atoms with Gasteiger partial charge in [-0.3, -0.25) is 4.79 Å². The lowest BCUT2D eigenvalue weighted by Gasteiger charge is -2.34. The number of piperidine rings is 1. The highest BCUT2D eigenvalue weighted by molar-refractivity contribution is 5.88. The minimum absolute atomic E-state index is 0.0114. The van der Waals surface area contributed by atoms with Gasteiger partial charge < -0.3 is 14.7 Å². The van der Waals surface area contributed by atoms with Crippen molar-refractivity contribution >= 4 is 11.9 Å². The predicted molar refractivity (Wildman–Crippen MR) is 88.0 cm³/mol. The number of aliphatic carboxylic acids is 1. The van der Waals surface area contributed by atoms with Gasteiger partial charge in [-0.1, -0.05) is 26.3 Å². The van der Waals surface area contributed by atoms with Gasteiger partial charge in [0.2, 0.25) is 5.91 Å². The maximum Gasteiger partial charge on any atom is 0.332 e. The molecule has 2 fully saturated rings. The average Bonchev–Trinajstić information content (AvgIpc) is 2.96. The van der Waals surface area contributed by atoms with E-state index in [0.29, 0.717) is 12.3 Å². The third-order valence-electron chi connectivity index (χ3n) is 5.23. The van der Waals surface area contributed by atoms with Crippen molar-refractivity contribution in [2.75, 3.05) is 13.1 Å². The molecular formula is C18H29NO4. The number of likely N-dealkylation sites (tertiary alicyclic amines) is 1. The Balaban J connectivity index is 1.85. The van der Waals surface area contributed by atoms with Crippen LogP contribution in [0.2, 0.25) is 0 Å². The van der Waals surface area contributed by atoms with Gasteiger partial charge >= 0.3 is 5.97 Å². The molecule has 23 heavy (non-hydrogen) atoms. The van der Waals surface area contributed by atoms with Gasteiger partial charge in [-0.2, -0.15) is 0 Å². The van der Waals surface area contributed by atoms with Gasteiger partial charge in [0.05, 0.1) is 6.10 Å². The van der Waals surface area contributed by atoms with E-state index in [2.05, 4.69) is 20.8 Å². The zero-order valence-corrected chi connectivity index (χ0v) is 14.7. The molecule has 0 aromatic carbocycles. The molecule has 0 unspecified atom stereocenters. The average molecular weight is 323 g/mol. The van der Waals surface area contributed by atoms with E-state index in [0.717, 1.165) is 37.9 Å². The summed E-state index contributed by atoms with van der Waals surface area (Å²) in [6, 6.07) is 0. The Hall–Kier alpha value is -1.36. The number of carboxylic acid groups (broad SMARTS) is 1. The Morgan fingerprint density at radius 2 is 1.74 bits per heavy atom. The third-order valence-corrected chi connectivity index (χ3v) is 5.23. The van der Waals surface area contributed by atoms with E-state index in [-0.39, 0.29) is 17.4 Å². The van der Waals surface area contributed by atoms with Crippen LogP contribution in [0.5, 0.6) is 0 Å². The highest BCUT2D eigenvalue weighted by atomic mass is 16.5. The minimum atomic E-state index is -0.858. The Labute approximate surface area is 138 Å². The summed E-state index contributed by atoms with van der Waals surface area (Å²) < 4.78 is 5.65. The number of ether oxygens (including phenoxy) is 1. The fraction of sp³-hybridized carbons (Fsp3) is 0.778. The maximum atomic E-state index is 12.4. The third kappa shape index (κ3) is 4.56. The fourth-order valence-corrected chi connectivity index (χ4v) is 3.18. The lowest BCUT2D eigenvalue weighted by Crippen LogP contribution is -2.41.